The minimum Gasteiger partial charge on any atom is -0.392 e. The van der Waals surface area contributed by atoms with Gasteiger partial charge < -0.3 is 5.11 Å². The Morgan fingerprint density at radius 2 is 2.42 bits per heavy atom. The lowest BCUT2D eigenvalue weighted by Gasteiger charge is -1.97. The van der Waals surface area contributed by atoms with Crippen molar-refractivity contribution in [1.82, 2.24) is 0 Å². The molecular formula is C9H13NOS. The van der Waals surface area contributed by atoms with Gasteiger partial charge in [-0.05, 0) is 18.5 Å². The van der Waals surface area contributed by atoms with Gasteiger partial charge in [-0.15, -0.1) is 11.3 Å². The number of aliphatic imine (C=N–C) groups is 1. The Morgan fingerprint density at radius 1 is 1.67 bits per heavy atom. The molecule has 0 saturated carbocycles. The SMILES string of the molecule is C=Nc1c(CO)csc1CCC. The number of hydrogen-bond acceptors (Lipinski definition) is 3. The van der Waals surface area contributed by atoms with Crippen molar-refractivity contribution in [2.24, 2.45) is 4.99 Å². The van der Waals surface area contributed by atoms with Crippen molar-refractivity contribution in [1.29, 1.82) is 0 Å². The molecule has 0 aliphatic carbocycles. The topological polar surface area (TPSA) is 32.6 Å². The third kappa shape index (κ3) is 1.73. The van der Waals surface area contributed by atoms with Crippen LogP contribution < -0.4 is 0 Å². The minimum atomic E-state index is 0.0641. The lowest BCUT2D eigenvalue weighted by Crippen LogP contribution is -1.81. The Labute approximate surface area is 76.6 Å². The van der Waals surface area contributed by atoms with Crippen molar-refractivity contribution in [3.8, 4) is 0 Å². The molecule has 0 atom stereocenters. The van der Waals surface area contributed by atoms with E-state index in [1.54, 1.807) is 11.3 Å². The quantitative estimate of drug-likeness (QED) is 0.715. The Morgan fingerprint density at radius 3 is 2.92 bits per heavy atom. The number of aryl methyl sites for hydroxylation is 1. The molecule has 66 valence electrons. The maximum Gasteiger partial charge on any atom is 0.0816 e. The monoisotopic (exact) mass is 183 g/mol. The van der Waals surface area contributed by atoms with E-state index in [0.717, 1.165) is 24.1 Å². The Balaban J connectivity index is 2.96. The van der Waals surface area contributed by atoms with Crippen molar-refractivity contribution in [3.05, 3.63) is 15.8 Å². The van der Waals surface area contributed by atoms with Gasteiger partial charge in [-0.2, -0.15) is 0 Å². The van der Waals surface area contributed by atoms with Gasteiger partial charge in [-0.25, -0.2) is 0 Å². The van der Waals surface area contributed by atoms with Crippen LogP contribution in [0.4, 0.5) is 5.69 Å². The lowest BCUT2D eigenvalue weighted by molar-refractivity contribution is 0.283. The van der Waals surface area contributed by atoms with Crippen LogP contribution in [0.15, 0.2) is 10.4 Å². The zero-order chi connectivity index (χ0) is 8.97. The molecular weight excluding hydrogens is 170 g/mol. The molecule has 0 radical (unpaired) electrons. The van der Waals surface area contributed by atoms with E-state index in [9.17, 15) is 0 Å². The fourth-order valence-corrected chi connectivity index (χ4v) is 2.24. The molecule has 3 heteroatoms. The predicted molar refractivity (Wildman–Crippen MR) is 53.4 cm³/mol. The van der Waals surface area contributed by atoms with Gasteiger partial charge in [-0.1, -0.05) is 13.3 Å². The van der Waals surface area contributed by atoms with Crippen LogP contribution in [-0.4, -0.2) is 11.8 Å². The Hall–Kier alpha value is -0.670. The fraction of sp³-hybridized carbons (Fsp3) is 0.444. The molecule has 0 aliphatic heterocycles. The van der Waals surface area contributed by atoms with E-state index < -0.39 is 0 Å². The van der Waals surface area contributed by atoms with Crippen LogP contribution in [0, 0.1) is 0 Å². The summed E-state index contributed by atoms with van der Waals surface area (Å²) < 4.78 is 0. The summed E-state index contributed by atoms with van der Waals surface area (Å²) in [4.78, 5) is 5.15. The Bertz CT molecular complexity index is 267. The molecule has 2 nitrogen and oxygen atoms in total. The minimum absolute atomic E-state index is 0.0641. The number of aliphatic hydroxyl groups is 1. The Kier molecular flexibility index (Phi) is 3.44. The number of aliphatic hydroxyl groups excluding tert-OH is 1. The molecule has 1 aromatic heterocycles. The molecule has 0 fully saturated rings. The second kappa shape index (κ2) is 4.38. The van der Waals surface area contributed by atoms with Gasteiger partial charge in [0.05, 0.1) is 12.3 Å². The smallest absolute Gasteiger partial charge is 0.0816 e. The van der Waals surface area contributed by atoms with Crippen LogP contribution in [0.1, 0.15) is 23.8 Å². The third-order valence-electron chi connectivity index (χ3n) is 1.72. The summed E-state index contributed by atoms with van der Waals surface area (Å²) in [7, 11) is 0. The first kappa shape index (κ1) is 9.42. The van der Waals surface area contributed by atoms with Gasteiger partial charge in [0.15, 0.2) is 0 Å². The van der Waals surface area contributed by atoms with E-state index in [1.165, 1.54) is 4.88 Å². The normalized spacial score (nSPS) is 10.2. The van der Waals surface area contributed by atoms with E-state index in [4.69, 9.17) is 5.11 Å². The molecule has 1 heterocycles. The summed E-state index contributed by atoms with van der Waals surface area (Å²) >= 11 is 1.66. The average Bonchev–Trinajstić information content (AvgIpc) is 2.47. The van der Waals surface area contributed by atoms with Crippen LogP contribution in [0.25, 0.3) is 0 Å². The summed E-state index contributed by atoms with van der Waals surface area (Å²) in [6, 6.07) is 0. The first-order chi connectivity index (χ1) is 5.83. The largest absolute Gasteiger partial charge is 0.392 e. The molecule has 0 unspecified atom stereocenters. The zero-order valence-electron chi connectivity index (χ0n) is 7.21. The average molecular weight is 183 g/mol. The maximum absolute atomic E-state index is 8.95. The third-order valence-corrected chi connectivity index (χ3v) is 2.80. The molecule has 0 aromatic carbocycles. The van der Waals surface area contributed by atoms with E-state index in [1.807, 2.05) is 5.38 Å². The second-order valence-electron chi connectivity index (χ2n) is 2.60. The molecule has 0 aliphatic rings. The summed E-state index contributed by atoms with van der Waals surface area (Å²) in [6.07, 6.45) is 2.13. The van der Waals surface area contributed by atoms with Crippen LogP contribution in [0.2, 0.25) is 0 Å². The first-order valence-electron chi connectivity index (χ1n) is 4.00. The molecule has 1 rings (SSSR count). The van der Waals surface area contributed by atoms with Crippen molar-refractivity contribution in [2.45, 2.75) is 26.4 Å². The van der Waals surface area contributed by atoms with Crippen LogP contribution in [0.5, 0.6) is 0 Å². The fourth-order valence-electron chi connectivity index (χ4n) is 1.14. The first-order valence-corrected chi connectivity index (χ1v) is 4.88. The lowest BCUT2D eigenvalue weighted by atomic mass is 10.2. The van der Waals surface area contributed by atoms with Gasteiger partial charge in [0.2, 0.25) is 0 Å². The van der Waals surface area contributed by atoms with Crippen molar-refractivity contribution in [2.75, 3.05) is 0 Å². The highest BCUT2D eigenvalue weighted by Gasteiger charge is 2.07. The highest BCUT2D eigenvalue weighted by Crippen LogP contribution is 2.31. The van der Waals surface area contributed by atoms with Crippen molar-refractivity contribution < 1.29 is 5.11 Å². The van der Waals surface area contributed by atoms with Gasteiger partial charge >= 0.3 is 0 Å². The maximum atomic E-state index is 8.95. The van der Waals surface area contributed by atoms with Gasteiger partial charge in [0.25, 0.3) is 0 Å². The van der Waals surface area contributed by atoms with Crippen LogP contribution >= 0.6 is 11.3 Å². The molecule has 12 heavy (non-hydrogen) atoms. The zero-order valence-corrected chi connectivity index (χ0v) is 8.02. The van der Waals surface area contributed by atoms with Gasteiger partial charge in [0, 0.05) is 10.4 Å². The number of nitrogens with zero attached hydrogens (tertiary/aromatic N) is 1. The van der Waals surface area contributed by atoms with E-state index in [-0.39, 0.29) is 6.61 Å². The van der Waals surface area contributed by atoms with Crippen LogP contribution in [0.3, 0.4) is 0 Å². The van der Waals surface area contributed by atoms with Gasteiger partial charge in [0.1, 0.15) is 0 Å². The summed E-state index contributed by atoms with van der Waals surface area (Å²) in [5, 5.41) is 10.9. The van der Waals surface area contributed by atoms with E-state index in [0.29, 0.717) is 0 Å². The molecule has 0 saturated heterocycles. The number of rotatable bonds is 4. The number of hydrogen-bond donors (Lipinski definition) is 1. The second-order valence-corrected chi connectivity index (χ2v) is 3.56. The van der Waals surface area contributed by atoms with Crippen molar-refractivity contribution in [3.63, 3.8) is 0 Å². The highest BCUT2D eigenvalue weighted by molar-refractivity contribution is 7.10. The summed E-state index contributed by atoms with van der Waals surface area (Å²) in [6.45, 7) is 5.69. The molecule has 0 bridgehead atoms. The van der Waals surface area contributed by atoms with Gasteiger partial charge in [-0.3, -0.25) is 4.99 Å². The van der Waals surface area contributed by atoms with Crippen LogP contribution in [-0.2, 0) is 13.0 Å². The van der Waals surface area contributed by atoms with E-state index >= 15 is 0 Å². The summed E-state index contributed by atoms with van der Waals surface area (Å²) in [5.74, 6) is 0. The van der Waals surface area contributed by atoms with E-state index in [2.05, 4.69) is 18.6 Å². The predicted octanol–water partition coefficient (Wildman–Crippen LogP) is 2.53. The summed E-state index contributed by atoms with van der Waals surface area (Å²) in [5.41, 5.74) is 1.79. The van der Waals surface area contributed by atoms with Crippen molar-refractivity contribution >= 4 is 23.7 Å². The standard InChI is InChI=1S/C9H13NOS/c1-3-4-8-9(10-2)7(5-11)6-12-8/h6,11H,2-5H2,1H3. The number of thiophene rings is 1. The molecule has 0 amide bonds. The molecule has 1 aromatic rings. The molecule has 0 spiro atoms. The highest BCUT2D eigenvalue weighted by atomic mass is 32.1. The molecule has 1 N–H and O–H groups in total.